The number of carbonyl (C=O) groups excluding carboxylic acids is 1. The van der Waals surface area contributed by atoms with Crippen molar-refractivity contribution < 1.29 is 14.2 Å². The van der Waals surface area contributed by atoms with E-state index >= 15 is 0 Å². The number of rotatable bonds is 19. The van der Waals surface area contributed by atoms with Crippen LogP contribution in [-0.2, 0) is 9.53 Å². The molecular weight excluding hydrogens is 376 g/mol. The third kappa shape index (κ3) is 14.5. The predicted molar refractivity (Wildman–Crippen MR) is 126 cm³/mol. The van der Waals surface area contributed by atoms with Gasteiger partial charge >= 0.3 is 0 Å². The molecule has 0 aromatic carbocycles. The van der Waals surface area contributed by atoms with Crippen molar-refractivity contribution >= 4 is 5.78 Å². The summed E-state index contributed by atoms with van der Waals surface area (Å²) in [6.07, 6.45) is 18.1. The number of nitrogens with zero attached hydrogens (tertiary/aromatic N) is 1. The third-order valence-electron chi connectivity index (χ3n) is 6.50. The van der Waals surface area contributed by atoms with Gasteiger partial charge in [-0.2, -0.15) is 0 Å². The average Bonchev–Trinajstić information content (AvgIpc) is 2.72. The van der Waals surface area contributed by atoms with Gasteiger partial charge in [-0.05, 0) is 12.3 Å². The van der Waals surface area contributed by atoms with Gasteiger partial charge in [-0.1, -0.05) is 90.9 Å². The van der Waals surface area contributed by atoms with Gasteiger partial charge in [0.25, 0.3) is 0 Å². The zero-order valence-electron chi connectivity index (χ0n) is 20.0. The molecule has 0 saturated carbocycles. The molecular formula is C25H50N2O3. The molecule has 1 heterocycles. The number of nitrogens with two attached hydrogens (primary N) is 1. The number of unbranched alkanes of at least 4 members (excludes halogenated alkanes) is 11. The first-order chi connectivity index (χ1) is 14.4. The quantitative estimate of drug-likeness (QED) is 0.162. The number of quaternary nitrogens is 1. The lowest BCUT2D eigenvalue weighted by Gasteiger charge is -2.45. The van der Waals surface area contributed by atoms with Gasteiger partial charge < -0.3 is 20.3 Å². The van der Waals surface area contributed by atoms with Crippen molar-refractivity contribution in [3.8, 4) is 0 Å². The molecule has 1 saturated heterocycles. The second-order valence-corrected chi connectivity index (χ2v) is 9.88. The van der Waals surface area contributed by atoms with Crippen molar-refractivity contribution in [2.75, 3.05) is 32.8 Å². The normalized spacial score (nSPS) is 17.4. The van der Waals surface area contributed by atoms with Gasteiger partial charge in [0, 0.05) is 12.8 Å². The van der Waals surface area contributed by atoms with Gasteiger partial charge in [-0.25, -0.2) is 0 Å². The monoisotopic (exact) mass is 426 g/mol. The molecule has 0 aromatic heterocycles. The van der Waals surface area contributed by atoms with E-state index in [0.29, 0.717) is 45.7 Å². The van der Waals surface area contributed by atoms with Crippen molar-refractivity contribution in [1.82, 2.24) is 0 Å². The lowest BCUT2D eigenvalue weighted by Crippen LogP contribution is -2.52. The van der Waals surface area contributed by atoms with Crippen LogP contribution in [0.25, 0.3) is 0 Å². The highest BCUT2D eigenvalue weighted by molar-refractivity contribution is 5.83. The summed E-state index contributed by atoms with van der Waals surface area (Å²) in [6, 6.07) is -0.470. The van der Waals surface area contributed by atoms with Crippen molar-refractivity contribution in [2.24, 2.45) is 11.7 Å². The summed E-state index contributed by atoms with van der Waals surface area (Å²) in [5.74, 6) is 0.982. The minimum atomic E-state index is -0.470. The number of ketones is 1. The van der Waals surface area contributed by atoms with Crippen LogP contribution in [0.3, 0.4) is 0 Å². The number of carbonyl (C=O) groups is 1. The highest BCUT2D eigenvalue weighted by atomic mass is 16.6. The first-order valence-electron chi connectivity index (χ1n) is 12.9. The number of hydrogen-bond acceptors (Lipinski definition) is 4. The fourth-order valence-electron chi connectivity index (χ4n) is 4.24. The number of hydroxylamine groups is 3. The molecule has 2 N–H and O–H groups in total. The van der Waals surface area contributed by atoms with E-state index in [1.807, 2.05) is 0 Å². The fourth-order valence-corrected chi connectivity index (χ4v) is 4.24. The van der Waals surface area contributed by atoms with E-state index in [9.17, 15) is 10.0 Å². The number of hydrogen-bond donors (Lipinski definition) is 1. The number of Topliss-reactive ketones (excluding diaryl/α,β-unsaturated/α-hetero) is 1. The summed E-state index contributed by atoms with van der Waals surface area (Å²) in [5.41, 5.74) is 6.02. The average molecular weight is 427 g/mol. The molecule has 1 fully saturated rings. The highest BCUT2D eigenvalue weighted by Gasteiger charge is 2.23. The molecule has 0 aromatic rings. The maximum absolute atomic E-state index is 12.4. The van der Waals surface area contributed by atoms with Crippen LogP contribution in [0.2, 0.25) is 0 Å². The first-order valence-corrected chi connectivity index (χ1v) is 12.9. The number of ether oxygens (including phenoxy) is 1. The van der Waals surface area contributed by atoms with Gasteiger partial charge in [0.15, 0.2) is 0 Å². The van der Waals surface area contributed by atoms with Crippen LogP contribution in [0.5, 0.6) is 0 Å². The molecule has 1 atom stereocenters. The van der Waals surface area contributed by atoms with Crippen LogP contribution in [0.15, 0.2) is 0 Å². The zero-order chi connectivity index (χ0) is 22.1. The zero-order valence-corrected chi connectivity index (χ0v) is 20.0. The molecule has 1 rings (SSSR count). The molecule has 0 spiro atoms. The molecule has 0 radical (unpaired) electrons. The van der Waals surface area contributed by atoms with Crippen LogP contribution in [0.1, 0.15) is 110 Å². The van der Waals surface area contributed by atoms with Crippen LogP contribution >= 0.6 is 0 Å². The first kappa shape index (κ1) is 27.5. The van der Waals surface area contributed by atoms with Crippen molar-refractivity contribution in [2.45, 2.75) is 116 Å². The van der Waals surface area contributed by atoms with Crippen LogP contribution < -0.4 is 5.73 Å². The molecule has 5 heteroatoms. The Morgan fingerprint density at radius 2 is 1.30 bits per heavy atom. The lowest BCUT2D eigenvalue weighted by molar-refractivity contribution is -0.888. The Labute approximate surface area is 186 Å². The van der Waals surface area contributed by atoms with Gasteiger partial charge in [0.05, 0.1) is 25.8 Å². The van der Waals surface area contributed by atoms with Crippen LogP contribution in [0, 0.1) is 11.1 Å². The molecule has 1 aliphatic heterocycles. The maximum atomic E-state index is 12.4. The van der Waals surface area contributed by atoms with Gasteiger partial charge in [0.1, 0.15) is 18.9 Å². The Morgan fingerprint density at radius 3 is 1.80 bits per heavy atom. The van der Waals surface area contributed by atoms with Crippen LogP contribution in [-0.4, -0.2) is 49.3 Å². The molecule has 178 valence electrons. The predicted octanol–water partition coefficient (Wildman–Crippen LogP) is 5.74. The van der Waals surface area contributed by atoms with E-state index in [0.717, 1.165) is 18.8 Å². The summed E-state index contributed by atoms with van der Waals surface area (Å²) < 4.78 is 4.99. The lowest BCUT2D eigenvalue weighted by atomic mass is 10.0. The van der Waals surface area contributed by atoms with Crippen molar-refractivity contribution in [3.05, 3.63) is 5.21 Å². The van der Waals surface area contributed by atoms with Gasteiger partial charge in [0.2, 0.25) is 0 Å². The topological polar surface area (TPSA) is 75.4 Å². The highest BCUT2D eigenvalue weighted by Crippen LogP contribution is 2.15. The Morgan fingerprint density at radius 1 is 0.833 bits per heavy atom. The Balaban J connectivity index is 1.86. The second kappa shape index (κ2) is 17.1. The van der Waals surface area contributed by atoms with Gasteiger partial charge in [-0.3, -0.25) is 4.79 Å². The SMILES string of the molecule is CC(C)CCCCCCCCCCCCCCC(=O)C(N)CC[N+]1([O-])CCOCC1. The largest absolute Gasteiger partial charge is 0.633 e. The summed E-state index contributed by atoms with van der Waals surface area (Å²) in [7, 11) is 0. The molecule has 0 amide bonds. The summed E-state index contributed by atoms with van der Waals surface area (Å²) >= 11 is 0. The summed E-state index contributed by atoms with van der Waals surface area (Å²) in [6.45, 7) is 7.07. The van der Waals surface area contributed by atoms with E-state index in [1.165, 1.54) is 70.6 Å². The maximum Gasteiger partial charge on any atom is 0.149 e. The Kier molecular flexibility index (Phi) is 15.7. The van der Waals surface area contributed by atoms with Crippen molar-refractivity contribution in [3.63, 3.8) is 0 Å². The molecule has 30 heavy (non-hydrogen) atoms. The number of morpholine rings is 1. The minimum Gasteiger partial charge on any atom is -0.633 e. The van der Waals surface area contributed by atoms with E-state index in [2.05, 4.69) is 13.8 Å². The Bertz CT molecular complexity index is 423. The van der Waals surface area contributed by atoms with E-state index in [1.54, 1.807) is 0 Å². The molecule has 1 aliphatic rings. The molecule has 0 bridgehead atoms. The van der Waals surface area contributed by atoms with E-state index < -0.39 is 6.04 Å². The standard InChI is InChI=1S/C25H50N2O3/c1-23(2)15-13-11-9-7-5-3-4-6-8-10-12-14-16-25(28)24(26)17-18-27(29)19-21-30-22-20-27/h23-24H,3-22,26H2,1-2H3. The minimum absolute atomic E-state index is 0.128. The van der Waals surface area contributed by atoms with Gasteiger partial charge in [-0.15, -0.1) is 0 Å². The van der Waals surface area contributed by atoms with E-state index in [-0.39, 0.29) is 10.4 Å². The third-order valence-corrected chi connectivity index (χ3v) is 6.50. The molecule has 0 aliphatic carbocycles. The molecule has 5 nitrogen and oxygen atoms in total. The summed E-state index contributed by atoms with van der Waals surface area (Å²) in [4.78, 5) is 12.2. The Hall–Kier alpha value is -0.490. The van der Waals surface area contributed by atoms with Crippen molar-refractivity contribution in [1.29, 1.82) is 0 Å². The summed E-state index contributed by atoms with van der Waals surface area (Å²) in [5, 5.41) is 12.4. The fraction of sp³-hybridized carbons (Fsp3) is 0.960. The second-order valence-electron chi connectivity index (χ2n) is 9.88. The van der Waals surface area contributed by atoms with E-state index in [4.69, 9.17) is 10.5 Å². The molecule has 1 unspecified atom stereocenters. The smallest absolute Gasteiger partial charge is 0.149 e. The van der Waals surface area contributed by atoms with Crippen LogP contribution in [0.4, 0.5) is 0 Å².